The molecule has 4 N–H and O–H groups in total. The number of alkyl halides is 3. The Bertz CT molecular complexity index is 721. The summed E-state index contributed by atoms with van der Waals surface area (Å²) in [4.78, 5) is 49.7. The van der Waals surface area contributed by atoms with Gasteiger partial charge in [-0.25, -0.2) is 0 Å². The van der Waals surface area contributed by atoms with Gasteiger partial charge >= 0.3 is 6.36 Å². The average Bonchev–Trinajstić information content (AvgIpc) is 3.07. The maximum Gasteiger partial charge on any atom is 0.522 e. The van der Waals surface area contributed by atoms with Crippen LogP contribution in [-0.2, 0) is 23.9 Å². The van der Waals surface area contributed by atoms with Crippen LogP contribution in [0.15, 0.2) is 0 Å². The number of ether oxygens (including phenoxy) is 1. The number of aliphatic hydroxyl groups is 1. The topological polar surface area (TPSA) is 134 Å². The average molecular weight is 482 g/mol. The van der Waals surface area contributed by atoms with E-state index in [-0.39, 0.29) is 24.7 Å². The van der Waals surface area contributed by atoms with E-state index in [0.29, 0.717) is 13.0 Å². The lowest BCUT2D eigenvalue weighted by molar-refractivity contribution is -0.321. The van der Waals surface area contributed by atoms with Crippen molar-refractivity contribution in [1.29, 1.82) is 0 Å². The highest BCUT2D eigenvalue weighted by Gasteiger charge is 2.37. The first-order chi connectivity index (χ1) is 15.0. The fourth-order valence-electron chi connectivity index (χ4n) is 3.30. The Morgan fingerprint density at radius 3 is 2.15 bits per heavy atom. The number of halogens is 3. The summed E-state index contributed by atoms with van der Waals surface area (Å²) in [6.07, 6.45) is -6.14. The Balaban J connectivity index is 3.00. The SMILES string of the molecule is CC(C)C[C@H](NC(=O)[C@H](O)C(C)(C)C)C(=O)N[C@@H](C[C@@H]1CCNC1=O)C(=O)COC(F)(F)F. The molecule has 1 aliphatic rings. The van der Waals surface area contributed by atoms with Crippen LogP contribution in [0.4, 0.5) is 13.2 Å². The van der Waals surface area contributed by atoms with Crippen LogP contribution >= 0.6 is 0 Å². The molecule has 33 heavy (non-hydrogen) atoms. The van der Waals surface area contributed by atoms with Crippen molar-refractivity contribution in [2.45, 2.75) is 78.4 Å². The molecule has 0 aromatic rings. The number of nitrogens with one attached hydrogen (secondary N) is 3. The molecule has 12 heteroatoms. The molecule has 1 aliphatic heterocycles. The predicted octanol–water partition coefficient (Wildman–Crippen LogP) is 1.04. The smallest absolute Gasteiger partial charge is 0.383 e. The summed E-state index contributed by atoms with van der Waals surface area (Å²) in [6.45, 7) is 7.51. The van der Waals surface area contributed by atoms with Crippen LogP contribution in [0, 0.1) is 17.3 Å². The second-order valence-corrected chi connectivity index (χ2v) is 9.73. The number of carbonyl (C=O) groups excluding carboxylic acids is 4. The van der Waals surface area contributed by atoms with Gasteiger partial charge in [-0.1, -0.05) is 34.6 Å². The Hall–Kier alpha value is -2.21. The molecule has 1 heterocycles. The standard InChI is InChI=1S/C21H34F3N3O6/c1-11(2)8-14(27-19(32)16(29)20(3,4)5)18(31)26-13(9-12-6-7-25-17(12)30)15(28)10-33-21(22,23)24/h11-14,16,29H,6-10H2,1-5H3,(H,25,30)(H,26,31)(H,27,32)/t12-,13-,14-,16-/m0/s1. The normalized spacial score (nSPS) is 19.6. The van der Waals surface area contributed by atoms with Crippen molar-refractivity contribution < 1.29 is 42.2 Å². The number of Topliss-reactive ketones (excluding diaryl/α,β-unsaturated/α-hetero) is 1. The second-order valence-electron chi connectivity index (χ2n) is 9.73. The van der Waals surface area contributed by atoms with Crippen molar-refractivity contribution >= 4 is 23.5 Å². The van der Waals surface area contributed by atoms with Crippen molar-refractivity contribution in [3.05, 3.63) is 0 Å². The van der Waals surface area contributed by atoms with Crippen LogP contribution < -0.4 is 16.0 Å². The minimum atomic E-state index is -5.04. The number of rotatable bonds is 11. The van der Waals surface area contributed by atoms with Crippen molar-refractivity contribution in [1.82, 2.24) is 16.0 Å². The Kier molecular flexibility index (Phi) is 10.3. The zero-order valence-corrected chi connectivity index (χ0v) is 19.5. The number of carbonyl (C=O) groups is 4. The molecule has 1 fully saturated rings. The van der Waals surface area contributed by atoms with E-state index in [4.69, 9.17) is 0 Å². The number of aliphatic hydroxyl groups excluding tert-OH is 1. The van der Waals surface area contributed by atoms with Crippen LogP contribution in [0.5, 0.6) is 0 Å². The molecule has 3 amide bonds. The van der Waals surface area contributed by atoms with E-state index in [9.17, 15) is 37.5 Å². The van der Waals surface area contributed by atoms with Gasteiger partial charge < -0.3 is 21.1 Å². The molecule has 1 saturated heterocycles. The third kappa shape index (κ3) is 10.1. The minimum Gasteiger partial charge on any atom is -0.383 e. The van der Waals surface area contributed by atoms with E-state index in [0.717, 1.165) is 0 Å². The number of hydrogen-bond donors (Lipinski definition) is 4. The number of amides is 3. The highest BCUT2D eigenvalue weighted by molar-refractivity contribution is 5.94. The maximum atomic E-state index is 12.9. The van der Waals surface area contributed by atoms with E-state index in [1.807, 2.05) is 0 Å². The van der Waals surface area contributed by atoms with Gasteiger partial charge in [0, 0.05) is 12.5 Å². The Labute approximate surface area is 191 Å². The van der Waals surface area contributed by atoms with Gasteiger partial charge in [0.2, 0.25) is 17.7 Å². The van der Waals surface area contributed by atoms with E-state index in [2.05, 4.69) is 20.7 Å². The van der Waals surface area contributed by atoms with E-state index in [1.165, 1.54) is 0 Å². The molecule has 0 spiro atoms. The first kappa shape index (κ1) is 28.8. The van der Waals surface area contributed by atoms with Gasteiger partial charge in [-0.3, -0.25) is 23.9 Å². The predicted molar refractivity (Wildman–Crippen MR) is 112 cm³/mol. The highest BCUT2D eigenvalue weighted by atomic mass is 19.4. The van der Waals surface area contributed by atoms with Crippen LogP contribution in [0.1, 0.15) is 53.9 Å². The summed E-state index contributed by atoms with van der Waals surface area (Å²) in [5, 5.41) is 17.6. The molecule has 0 saturated carbocycles. The second kappa shape index (κ2) is 11.8. The molecule has 1 rings (SSSR count). The Morgan fingerprint density at radius 2 is 1.70 bits per heavy atom. The fourth-order valence-corrected chi connectivity index (χ4v) is 3.30. The summed E-state index contributed by atoms with van der Waals surface area (Å²) in [7, 11) is 0. The summed E-state index contributed by atoms with van der Waals surface area (Å²) >= 11 is 0. The van der Waals surface area contributed by atoms with Gasteiger partial charge in [0.1, 0.15) is 18.8 Å². The lowest BCUT2D eigenvalue weighted by Crippen LogP contribution is -2.55. The summed E-state index contributed by atoms with van der Waals surface area (Å²) in [6, 6.07) is -2.57. The molecular formula is C21H34F3N3O6. The van der Waals surface area contributed by atoms with Crippen LogP contribution in [0.2, 0.25) is 0 Å². The molecule has 0 unspecified atom stereocenters. The van der Waals surface area contributed by atoms with Gasteiger partial charge in [0.25, 0.3) is 0 Å². The lowest BCUT2D eigenvalue weighted by Gasteiger charge is -2.29. The van der Waals surface area contributed by atoms with Gasteiger partial charge in [0.05, 0.1) is 6.04 Å². The van der Waals surface area contributed by atoms with Gasteiger partial charge in [-0.2, -0.15) is 0 Å². The molecule has 9 nitrogen and oxygen atoms in total. The highest BCUT2D eigenvalue weighted by Crippen LogP contribution is 2.21. The molecule has 0 aromatic carbocycles. The first-order valence-electron chi connectivity index (χ1n) is 10.8. The monoisotopic (exact) mass is 481 g/mol. The van der Waals surface area contributed by atoms with E-state index >= 15 is 0 Å². The van der Waals surface area contributed by atoms with Crippen LogP contribution in [0.3, 0.4) is 0 Å². The molecule has 0 aliphatic carbocycles. The summed E-state index contributed by atoms with van der Waals surface area (Å²) in [5.41, 5.74) is -0.799. The third-order valence-corrected chi connectivity index (χ3v) is 5.18. The molecule has 0 aromatic heterocycles. The van der Waals surface area contributed by atoms with Gasteiger partial charge in [-0.15, -0.1) is 13.2 Å². The first-order valence-corrected chi connectivity index (χ1v) is 10.8. The number of hydrogen-bond acceptors (Lipinski definition) is 6. The third-order valence-electron chi connectivity index (χ3n) is 5.18. The molecular weight excluding hydrogens is 447 g/mol. The van der Waals surface area contributed by atoms with Crippen molar-refractivity contribution in [3.8, 4) is 0 Å². The van der Waals surface area contributed by atoms with Gasteiger partial charge in [-0.05, 0) is 30.6 Å². The minimum absolute atomic E-state index is 0.0730. The van der Waals surface area contributed by atoms with E-state index in [1.54, 1.807) is 34.6 Å². The lowest BCUT2D eigenvalue weighted by atomic mass is 9.88. The van der Waals surface area contributed by atoms with Gasteiger partial charge in [0.15, 0.2) is 5.78 Å². The van der Waals surface area contributed by atoms with Crippen molar-refractivity contribution in [2.75, 3.05) is 13.2 Å². The fraction of sp³-hybridized carbons (Fsp3) is 0.810. The largest absolute Gasteiger partial charge is 0.522 e. The van der Waals surface area contributed by atoms with Crippen molar-refractivity contribution in [3.63, 3.8) is 0 Å². The Morgan fingerprint density at radius 1 is 1.12 bits per heavy atom. The molecule has 0 radical (unpaired) electrons. The zero-order chi connectivity index (χ0) is 25.6. The van der Waals surface area contributed by atoms with Crippen LogP contribution in [0.25, 0.3) is 0 Å². The zero-order valence-electron chi connectivity index (χ0n) is 19.5. The summed E-state index contributed by atoms with van der Waals surface area (Å²) in [5.74, 6) is -3.74. The van der Waals surface area contributed by atoms with E-state index < -0.39 is 60.1 Å². The van der Waals surface area contributed by atoms with Crippen molar-refractivity contribution in [2.24, 2.45) is 17.3 Å². The summed E-state index contributed by atoms with van der Waals surface area (Å²) < 4.78 is 40.8. The quantitative estimate of drug-likeness (QED) is 0.349. The molecule has 190 valence electrons. The maximum absolute atomic E-state index is 12.9. The van der Waals surface area contributed by atoms with Crippen LogP contribution in [-0.4, -0.2) is 66.3 Å². The molecule has 0 bridgehead atoms. The molecule has 4 atom stereocenters. The number of ketones is 1.